The topological polar surface area (TPSA) is 62.2 Å². The van der Waals surface area contributed by atoms with Crippen LogP contribution < -0.4 is 14.8 Å². The van der Waals surface area contributed by atoms with E-state index in [1.54, 1.807) is 14.2 Å². The van der Waals surface area contributed by atoms with Gasteiger partial charge in [0.25, 0.3) is 0 Å². The number of guanidine groups is 1. The van der Waals surface area contributed by atoms with Gasteiger partial charge < -0.3 is 19.7 Å². The maximum atomic E-state index is 5.53. The average Bonchev–Trinajstić information content (AvgIpc) is 2.78. The summed E-state index contributed by atoms with van der Waals surface area (Å²) in [4.78, 5) is 13.4. The van der Waals surface area contributed by atoms with Gasteiger partial charge in [-0.15, -0.1) is 0 Å². The summed E-state index contributed by atoms with van der Waals surface area (Å²) in [6.45, 7) is 7.66. The van der Waals surface area contributed by atoms with Crippen LogP contribution in [-0.2, 0) is 13.0 Å². The Hall–Kier alpha value is -2.80. The standard InChI is InChI=1S/C23H33N5O2/c1-18-16-25-9-7-19(18)8-10-26-23(24-2)28-13-11-27(12-14-28)17-20-15-21(29-3)5-6-22(20)30-4/h5-7,9,15-16H,8,10-14,17H2,1-4H3,(H,24,26). The highest BCUT2D eigenvalue weighted by Crippen LogP contribution is 2.25. The van der Waals surface area contributed by atoms with Gasteiger partial charge in [-0.05, 0) is 48.7 Å². The van der Waals surface area contributed by atoms with Gasteiger partial charge in [0.1, 0.15) is 11.5 Å². The Kier molecular flexibility index (Phi) is 7.90. The van der Waals surface area contributed by atoms with E-state index in [0.717, 1.165) is 68.7 Å². The van der Waals surface area contributed by atoms with Crippen molar-refractivity contribution in [2.45, 2.75) is 19.9 Å². The molecular weight excluding hydrogens is 378 g/mol. The monoisotopic (exact) mass is 411 g/mol. The molecule has 1 saturated heterocycles. The molecule has 1 aromatic carbocycles. The summed E-state index contributed by atoms with van der Waals surface area (Å²) in [5, 5.41) is 3.51. The second-order valence-corrected chi connectivity index (χ2v) is 7.47. The third-order valence-electron chi connectivity index (χ3n) is 5.58. The average molecular weight is 412 g/mol. The molecule has 2 aromatic rings. The van der Waals surface area contributed by atoms with E-state index < -0.39 is 0 Å². The number of nitrogens with zero attached hydrogens (tertiary/aromatic N) is 4. The van der Waals surface area contributed by atoms with Crippen molar-refractivity contribution < 1.29 is 9.47 Å². The second-order valence-electron chi connectivity index (χ2n) is 7.47. The van der Waals surface area contributed by atoms with Crippen LogP contribution in [0.2, 0.25) is 0 Å². The summed E-state index contributed by atoms with van der Waals surface area (Å²) in [6, 6.07) is 8.06. The van der Waals surface area contributed by atoms with E-state index >= 15 is 0 Å². The van der Waals surface area contributed by atoms with E-state index in [1.807, 2.05) is 31.6 Å². The molecule has 3 rings (SSSR count). The van der Waals surface area contributed by atoms with Gasteiger partial charge in [0.05, 0.1) is 14.2 Å². The molecule has 7 heteroatoms. The van der Waals surface area contributed by atoms with Gasteiger partial charge in [0.15, 0.2) is 5.96 Å². The lowest BCUT2D eigenvalue weighted by atomic mass is 10.1. The first kappa shape index (κ1) is 21.9. The van der Waals surface area contributed by atoms with Crippen LogP contribution in [0.5, 0.6) is 11.5 Å². The minimum atomic E-state index is 0.849. The highest BCUT2D eigenvalue weighted by atomic mass is 16.5. The lowest BCUT2D eigenvalue weighted by Gasteiger charge is -2.36. The molecule has 2 heterocycles. The first-order chi connectivity index (χ1) is 14.6. The van der Waals surface area contributed by atoms with Crippen molar-refractivity contribution >= 4 is 5.96 Å². The Labute approximate surface area is 179 Å². The van der Waals surface area contributed by atoms with Crippen LogP contribution in [0.15, 0.2) is 41.7 Å². The van der Waals surface area contributed by atoms with Crippen molar-refractivity contribution in [3.63, 3.8) is 0 Å². The lowest BCUT2D eigenvalue weighted by Crippen LogP contribution is -2.52. The molecule has 1 aromatic heterocycles. The molecule has 0 bridgehead atoms. The van der Waals surface area contributed by atoms with E-state index in [0.29, 0.717) is 0 Å². The number of benzene rings is 1. The molecule has 162 valence electrons. The molecule has 0 atom stereocenters. The number of ether oxygens (including phenoxy) is 2. The van der Waals surface area contributed by atoms with Gasteiger partial charge in [-0.1, -0.05) is 0 Å². The van der Waals surface area contributed by atoms with Crippen LogP contribution in [0.3, 0.4) is 0 Å². The third-order valence-corrected chi connectivity index (χ3v) is 5.58. The number of nitrogens with one attached hydrogen (secondary N) is 1. The van der Waals surface area contributed by atoms with Gasteiger partial charge in [0, 0.05) is 64.3 Å². The smallest absolute Gasteiger partial charge is 0.193 e. The van der Waals surface area contributed by atoms with Gasteiger partial charge in [0.2, 0.25) is 0 Å². The highest BCUT2D eigenvalue weighted by Gasteiger charge is 2.20. The highest BCUT2D eigenvalue weighted by molar-refractivity contribution is 5.80. The molecule has 0 amide bonds. The van der Waals surface area contributed by atoms with Crippen LogP contribution in [0.25, 0.3) is 0 Å². The van der Waals surface area contributed by atoms with E-state index in [2.05, 4.69) is 44.1 Å². The lowest BCUT2D eigenvalue weighted by molar-refractivity contribution is 0.171. The SMILES string of the molecule is CN=C(NCCc1ccncc1C)N1CCN(Cc2cc(OC)ccc2OC)CC1. The minimum absolute atomic E-state index is 0.849. The van der Waals surface area contributed by atoms with Crippen LogP contribution >= 0.6 is 0 Å². The Bertz CT molecular complexity index is 847. The molecular formula is C23H33N5O2. The third kappa shape index (κ3) is 5.63. The van der Waals surface area contributed by atoms with E-state index in [4.69, 9.17) is 9.47 Å². The van der Waals surface area contributed by atoms with Crippen molar-refractivity contribution in [3.8, 4) is 11.5 Å². The van der Waals surface area contributed by atoms with Gasteiger partial charge in [-0.2, -0.15) is 0 Å². The van der Waals surface area contributed by atoms with Crippen molar-refractivity contribution in [3.05, 3.63) is 53.3 Å². The van der Waals surface area contributed by atoms with Gasteiger partial charge in [-0.25, -0.2) is 0 Å². The predicted molar refractivity (Wildman–Crippen MR) is 120 cm³/mol. The number of piperazine rings is 1. The number of aromatic nitrogens is 1. The van der Waals surface area contributed by atoms with Crippen molar-refractivity contribution in [2.24, 2.45) is 4.99 Å². The van der Waals surface area contributed by atoms with E-state index in [-0.39, 0.29) is 0 Å². The van der Waals surface area contributed by atoms with Crippen molar-refractivity contribution in [2.75, 3.05) is 54.0 Å². The zero-order valence-corrected chi connectivity index (χ0v) is 18.5. The van der Waals surface area contributed by atoms with Crippen LogP contribution in [0.1, 0.15) is 16.7 Å². The van der Waals surface area contributed by atoms with Crippen molar-refractivity contribution in [1.29, 1.82) is 0 Å². The molecule has 1 aliphatic rings. The summed E-state index contributed by atoms with van der Waals surface area (Å²) in [5.41, 5.74) is 3.71. The second kappa shape index (κ2) is 10.8. The molecule has 7 nitrogen and oxygen atoms in total. The fraction of sp³-hybridized carbons (Fsp3) is 0.478. The molecule has 0 aliphatic carbocycles. The van der Waals surface area contributed by atoms with Crippen LogP contribution in [0, 0.1) is 6.92 Å². The molecule has 1 fully saturated rings. The maximum absolute atomic E-state index is 5.53. The Morgan fingerprint density at radius 3 is 2.57 bits per heavy atom. The van der Waals surface area contributed by atoms with Gasteiger partial charge in [-0.3, -0.25) is 14.9 Å². The zero-order chi connectivity index (χ0) is 21.3. The quantitative estimate of drug-likeness (QED) is 0.557. The first-order valence-corrected chi connectivity index (χ1v) is 10.4. The zero-order valence-electron chi connectivity index (χ0n) is 18.5. The Morgan fingerprint density at radius 1 is 1.10 bits per heavy atom. The molecule has 0 spiro atoms. The predicted octanol–water partition coefficient (Wildman–Crippen LogP) is 2.34. The number of rotatable bonds is 7. The molecule has 0 unspecified atom stereocenters. The van der Waals surface area contributed by atoms with Crippen molar-refractivity contribution in [1.82, 2.24) is 20.1 Å². The molecule has 1 aliphatic heterocycles. The fourth-order valence-corrected chi connectivity index (χ4v) is 3.79. The van der Waals surface area contributed by atoms with E-state index in [9.17, 15) is 0 Å². The number of hydrogen-bond donors (Lipinski definition) is 1. The van der Waals surface area contributed by atoms with Crippen LogP contribution in [0.4, 0.5) is 0 Å². The number of methoxy groups -OCH3 is 2. The Morgan fingerprint density at radius 2 is 1.90 bits per heavy atom. The summed E-state index contributed by atoms with van der Waals surface area (Å²) in [5.74, 6) is 2.74. The van der Waals surface area contributed by atoms with Crippen LogP contribution in [-0.4, -0.2) is 74.7 Å². The number of pyridine rings is 1. The largest absolute Gasteiger partial charge is 0.497 e. The Balaban J connectivity index is 1.50. The summed E-state index contributed by atoms with van der Waals surface area (Å²) < 4.78 is 10.9. The molecule has 0 saturated carbocycles. The van der Waals surface area contributed by atoms with Gasteiger partial charge >= 0.3 is 0 Å². The summed E-state index contributed by atoms with van der Waals surface area (Å²) in [6.07, 6.45) is 4.73. The fourth-order valence-electron chi connectivity index (χ4n) is 3.79. The first-order valence-electron chi connectivity index (χ1n) is 10.4. The maximum Gasteiger partial charge on any atom is 0.193 e. The number of aliphatic imine (C=N–C) groups is 1. The number of hydrogen-bond acceptors (Lipinski definition) is 5. The molecule has 1 N–H and O–H groups in total. The van der Waals surface area contributed by atoms with E-state index in [1.165, 1.54) is 11.1 Å². The summed E-state index contributed by atoms with van der Waals surface area (Å²) >= 11 is 0. The molecule has 0 radical (unpaired) electrons. The number of aryl methyl sites for hydroxylation is 1. The minimum Gasteiger partial charge on any atom is -0.497 e. The normalized spacial score (nSPS) is 15.2. The summed E-state index contributed by atoms with van der Waals surface area (Å²) in [7, 11) is 5.26. The molecule has 30 heavy (non-hydrogen) atoms.